The van der Waals surface area contributed by atoms with Crippen LogP contribution >= 0.6 is 0 Å². The molecule has 5 nitrogen and oxygen atoms in total. The van der Waals surface area contributed by atoms with Crippen molar-refractivity contribution in [3.8, 4) is 5.75 Å². The molecule has 0 N–H and O–H groups in total. The van der Waals surface area contributed by atoms with E-state index in [-0.39, 0.29) is 25.6 Å². The molecular formula is C16H19NO4. The third-order valence-corrected chi connectivity index (χ3v) is 3.03. The minimum absolute atomic E-state index is 0.0536. The van der Waals surface area contributed by atoms with Crippen LogP contribution in [0, 0.1) is 20.8 Å². The monoisotopic (exact) mass is 289 g/mol. The molecule has 0 aliphatic rings. The molecule has 1 aromatic heterocycles. The predicted octanol–water partition coefficient (Wildman–Crippen LogP) is 3.11. The SMILES string of the molecule is Cc1ccc(OCCC(=O)OCc2nc(C)c(C)o2)cc1. The number of rotatable bonds is 6. The molecule has 2 rings (SSSR count). The van der Waals surface area contributed by atoms with Crippen LogP contribution in [0.5, 0.6) is 5.75 Å². The van der Waals surface area contributed by atoms with Gasteiger partial charge in [0.05, 0.1) is 18.7 Å². The smallest absolute Gasteiger partial charge is 0.309 e. The minimum atomic E-state index is -0.337. The average molecular weight is 289 g/mol. The van der Waals surface area contributed by atoms with Crippen LogP contribution in [0.2, 0.25) is 0 Å². The summed E-state index contributed by atoms with van der Waals surface area (Å²) in [5.74, 6) is 1.56. The summed E-state index contributed by atoms with van der Waals surface area (Å²) in [6.45, 7) is 6.01. The summed E-state index contributed by atoms with van der Waals surface area (Å²) in [5, 5.41) is 0. The summed E-state index contributed by atoms with van der Waals surface area (Å²) in [4.78, 5) is 15.7. The molecule has 0 fully saturated rings. The van der Waals surface area contributed by atoms with Gasteiger partial charge in [-0.2, -0.15) is 0 Å². The van der Waals surface area contributed by atoms with E-state index in [0.717, 1.165) is 17.2 Å². The fourth-order valence-corrected chi connectivity index (χ4v) is 1.70. The standard InChI is InChI=1S/C16H19NO4/c1-11-4-6-14(7-5-11)19-9-8-16(18)20-10-15-17-12(2)13(3)21-15/h4-7H,8-10H2,1-3H3. The normalized spacial score (nSPS) is 10.4. The Morgan fingerprint density at radius 2 is 1.90 bits per heavy atom. The maximum Gasteiger partial charge on any atom is 0.309 e. The Labute approximate surface area is 123 Å². The van der Waals surface area contributed by atoms with E-state index in [0.29, 0.717) is 5.89 Å². The molecule has 112 valence electrons. The lowest BCUT2D eigenvalue weighted by Gasteiger charge is -2.06. The van der Waals surface area contributed by atoms with Crippen LogP contribution in [-0.2, 0) is 16.1 Å². The first-order valence-corrected chi connectivity index (χ1v) is 6.82. The van der Waals surface area contributed by atoms with Crippen LogP contribution < -0.4 is 4.74 Å². The molecule has 0 atom stereocenters. The lowest BCUT2D eigenvalue weighted by molar-refractivity contribution is -0.146. The highest BCUT2D eigenvalue weighted by Gasteiger charge is 2.09. The molecule has 5 heteroatoms. The second-order valence-electron chi connectivity index (χ2n) is 4.82. The van der Waals surface area contributed by atoms with Crippen LogP contribution in [0.3, 0.4) is 0 Å². The number of hydrogen-bond donors (Lipinski definition) is 0. The van der Waals surface area contributed by atoms with E-state index in [1.54, 1.807) is 0 Å². The highest BCUT2D eigenvalue weighted by molar-refractivity contribution is 5.69. The Hall–Kier alpha value is -2.30. The highest BCUT2D eigenvalue weighted by atomic mass is 16.5. The Morgan fingerprint density at radius 3 is 2.52 bits per heavy atom. The Balaban J connectivity index is 1.69. The summed E-state index contributed by atoms with van der Waals surface area (Å²) >= 11 is 0. The number of aryl methyl sites for hydroxylation is 3. The Kier molecular flexibility index (Phi) is 4.98. The van der Waals surface area contributed by atoms with E-state index in [2.05, 4.69) is 4.98 Å². The molecule has 0 aliphatic heterocycles. The van der Waals surface area contributed by atoms with Crippen LogP contribution in [0.15, 0.2) is 28.7 Å². The van der Waals surface area contributed by atoms with Gasteiger partial charge in [-0.3, -0.25) is 4.79 Å². The third-order valence-electron chi connectivity index (χ3n) is 3.03. The summed E-state index contributed by atoms with van der Waals surface area (Å²) in [6.07, 6.45) is 0.187. The first-order valence-electron chi connectivity index (χ1n) is 6.82. The van der Waals surface area contributed by atoms with Crippen molar-refractivity contribution in [3.63, 3.8) is 0 Å². The quantitative estimate of drug-likeness (QED) is 0.765. The van der Waals surface area contributed by atoms with Crippen molar-refractivity contribution in [2.45, 2.75) is 33.8 Å². The number of oxazole rings is 1. The molecule has 0 unspecified atom stereocenters. The van der Waals surface area contributed by atoms with Gasteiger partial charge in [-0.25, -0.2) is 4.98 Å². The van der Waals surface area contributed by atoms with Crippen molar-refractivity contribution in [1.82, 2.24) is 4.98 Å². The number of carbonyl (C=O) groups is 1. The summed E-state index contributed by atoms with van der Waals surface area (Å²) < 4.78 is 15.9. The molecular weight excluding hydrogens is 270 g/mol. The van der Waals surface area contributed by atoms with E-state index in [1.807, 2.05) is 45.0 Å². The zero-order valence-corrected chi connectivity index (χ0v) is 12.5. The predicted molar refractivity (Wildman–Crippen MR) is 77.1 cm³/mol. The molecule has 0 bridgehead atoms. The summed E-state index contributed by atoms with van der Waals surface area (Å²) in [5.41, 5.74) is 1.97. The molecule has 0 spiro atoms. The lowest BCUT2D eigenvalue weighted by Crippen LogP contribution is -2.10. The van der Waals surface area contributed by atoms with Gasteiger partial charge in [-0.15, -0.1) is 0 Å². The van der Waals surface area contributed by atoms with Gasteiger partial charge in [0, 0.05) is 0 Å². The van der Waals surface area contributed by atoms with E-state index < -0.39 is 0 Å². The first-order chi connectivity index (χ1) is 10.0. The van der Waals surface area contributed by atoms with Gasteiger partial charge in [-0.05, 0) is 32.9 Å². The van der Waals surface area contributed by atoms with Crippen molar-refractivity contribution in [2.24, 2.45) is 0 Å². The molecule has 0 amide bonds. The Morgan fingerprint density at radius 1 is 1.19 bits per heavy atom. The van der Waals surface area contributed by atoms with Gasteiger partial charge in [-0.1, -0.05) is 17.7 Å². The molecule has 1 aromatic carbocycles. The molecule has 21 heavy (non-hydrogen) atoms. The van der Waals surface area contributed by atoms with E-state index in [1.165, 1.54) is 5.56 Å². The molecule has 1 heterocycles. The zero-order valence-electron chi connectivity index (χ0n) is 12.5. The average Bonchev–Trinajstić information content (AvgIpc) is 2.78. The zero-order chi connectivity index (χ0) is 15.2. The number of ether oxygens (including phenoxy) is 2. The fourth-order valence-electron chi connectivity index (χ4n) is 1.70. The number of nitrogens with zero attached hydrogens (tertiary/aromatic N) is 1. The number of hydrogen-bond acceptors (Lipinski definition) is 5. The van der Waals surface area contributed by atoms with Gasteiger partial charge in [0.1, 0.15) is 11.5 Å². The first kappa shape index (κ1) is 15.1. The molecule has 0 aliphatic carbocycles. The second kappa shape index (κ2) is 6.92. The van der Waals surface area contributed by atoms with Crippen molar-refractivity contribution in [3.05, 3.63) is 47.2 Å². The second-order valence-corrected chi connectivity index (χ2v) is 4.82. The van der Waals surface area contributed by atoms with Gasteiger partial charge in [0.2, 0.25) is 5.89 Å². The number of benzene rings is 1. The van der Waals surface area contributed by atoms with E-state index >= 15 is 0 Å². The largest absolute Gasteiger partial charge is 0.493 e. The van der Waals surface area contributed by atoms with Crippen molar-refractivity contribution < 1.29 is 18.7 Å². The van der Waals surface area contributed by atoms with Gasteiger partial charge in [0.25, 0.3) is 0 Å². The van der Waals surface area contributed by atoms with Crippen molar-refractivity contribution in [2.75, 3.05) is 6.61 Å². The van der Waals surface area contributed by atoms with E-state index in [9.17, 15) is 4.79 Å². The van der Waals surface area contributed by atoms with Crippen LogP contribution in [-0.4, -0.2) is 17.6 Å². The van der Waals surface area contributed by atoms with Crippen molar-refractivity contribution in [1.29, 1.82) is 0 Å². The molecule has 2 aromatic rings. The highest BCUT2D eigenvalue weighted by Crippen LogP contribution is 2.12. The molecule has 0 radical (unpaired) electrons. The number of carbonyl (C=O) groups excluding carboxylic acids is 1. The summed E-state index contributed by atoms with van der Waals surface area (Å²) in [6, 6.07) is 7.67. The topological polar surface area (TPSA) is 61.6 Å². The maximum absolute atomic E-state index is 11.6. The van der Waals surface area contributed by atoms with Crippen LogP contribution in [0.4, 0.5) is 0 Å². The fraction of sp³-hybridized carbons (Fsp3) is 0.375. The van der Waals surface area contributed by atoms with Gasteiger partial charge in [0.15, 0.2) is 6.61 Å². The summed E-state index contributed by atoms with van der Waals surface area (Å²) in [7, 11) is 0. The van der Waals surface area contributed by atoms with Gasteiger partial charge < -0.3 is 13.9 Å². The van der Waals surface area contributed by atoms with Crippen LogP contribution in [0.1, 0.15) is 29.3 Å². The van der Waals surface area contributed by atoms with Crippen molar-refractivity contribution >= 4 is 5.97 Å². The third kappa shape index (κ3) is 4.63. The number of esters is 1. The Bertz CT molecular complexity index is 582. The minimum Gasteiger partial charge on any atom is -0.493 e. The lowest BCUT2D eigenvalue weighted by atomic mass is 10.2. The number of aromatic nitrogens is 1. The van der Waals surface area contributed by atoms with E-state index in [4.69, 9.17) is 13.9 Å². The van der Waals surface area contributed by atoms with Gasteiger partial charge >= 0.3 is 5.97 Å². The molecule has 0 saturated heterocycles. The van der Waals surface area contributed by atoms with Crippen LogP contribution in [0.25, 0.3) is 0 Å². The molecule has 0 saturated carbocycles. The maximum atomic E-state index is 11.6.